The molecular weight excluding hydrogens is 484 g/mol. The average Bonchev–Trinajstić information content (AvgIpc) is 2.84. The molecule has 0 fully saturated rings. The van der Waals surface area contributed by atoms with E-state index in [1.165, 1.54) is 10.5 Å². The highest BCUT2D eigenvalue weighted by Gasteiger charge is 2.17. The molecule has 2 heterocycles. The number of hydrogen-bond donors (Lipinski definition) is 1. The number of ether oxygens (including phenoxy) is 1. The molecule has 0 aliphatic heterocycles. The molecule has 1 N–H and O–H groups in total. The second-order valence-electron chi connectivity index (χ2n) is 6.96. The summed E-state index contributed by atoms with van der Waals surface area (Å²) in [4.78, 5) is 30.3. The van der Waals surface area contributed by atoms with Crippen molar-refractivity contribution in [3.8, 4) is 17.7 Å². The quantitative estimate of drug-likeness (QED) is 0.311. The third-order valence-corrected chi connectivity index (χ3v) is 5.24. The van der Waals surface area contributed by atoms with Gasteiger partial charge in [-0.15, -0.1) is 0 Å². The van der Waals surface area contributed by atoms with Crippen LogP contribution in [0.4, 0.5) is 0 Å². The van der Waals surface area contributed by atoms with Gasteiger partial charge in [0.25, 0.3) is 11.5 Å². The number of nitrogens with one attached hydrogen (secondary N) is 1. The van der Waals surface area contributed by atoms with Crippen molar-refractivity contribution < 1.29 is 9.53 Å². The Morgan fingerprint density at radius 2 is 1.82 bits per heavy atom. The Morgan fingerprint density at radius 3 is 2.55 bits per heavy atom. The fraction of sp³-hybridized carbons (Fsp3) is 0.0400. The van der Waals surface area contributed by atoms with Gasteiger partial charge in [0.05, 0.1) is 0 Å². The van der Waals surface area contributed by atoms with Crippen molar-refractivity contribution in [3.05, 3.63) is 111 Å². The molecule has 0 atom stereocenters. The number of rotatable bonds is 6. The maximum Gasteiger partial charge on any atom is 0.269 e. The summed E-state index contributed by atoms with van der Waals surface area (Å²) in [5.74, 6) is -0.155. The van der Waals surface area contributed by atoms with Crippen LogP contribution in [0.2, 0.25) is 0 Å². The third-order valence-electron chi connectivity index (χ3n) is 4.71. The number of pyridine rings is 1. The summed E-state index contributed by atoms with van der Waals surface area (Å²) in [7, 11) is 0. The van der Waals surface area contributed by atoms with E-state index >= 15 is 0 Å². The summed E-state index contributed by atoms with van der Waals surface area (Å²) in [6.45, 7) is 0.246. The van der Waals surface area contributed by atoms with Gasteiger partial charge < -0.3 is 10.1 Å². The number of carbonyl (C=O) groups excluding carboxylic acids is 1. The Kier molecular flexibility index (Phi) is 6.62. The number of halogens is 1. The molecule has 2 aromatic heterocycles. The number of hydrogen-bond acceptors (Lipinski definition) is 5. The minimum absolute atomic E-state index is 0.00266. The molecule has 0 radical (unpaired) electrons. The van der Waals surface area contributed by atoms with E-state index in [0.717, 1.165) is 10.0 Å². The van der Waals surface area contributed by atoms with Crippen molar-refractivity contribution in [2.75, 3.05) is 0 Å². The van der Waals surface area contributed by atoms with Crippen molar-refractivity contribution in [1.82, 2.24) is 14.7 Å². The summed E-state index contributed by atoms with van der Waals surface area (Å²) in [6, 6.07) is 23.3. The molecule has 0 saturated carbocycles. The van der Waals surface area contributed by atoms with E-state index in [-0.39, 0.29) is 23.6 Å². The lowest BCUT2D eigenvalue weighted by molar-refractivity contribution is -0.117. The SMILES string of the molecule is N#C/C(=C\c1c(Oc2ccc(Br)cc2)nc2ccccn2c1=O)C(=O)NCc1ccccc1. The lowest BCUT2D eigenvalue weighted by Gasteiger charge is -2.10. The van der Waals surface area contributed by atoms with Gasteiger partial charge in [0.1, 0.15) is 28.6 Å². The lowest BCUT2D eigenvalue weighted by atomic mass is 10.1. The van der Waals surface area contributed by atoms with Crippen LogP contribution in [0.1, 0.15) is 11.1 Å². The molecule has 8 heteroatoms. The standard InChI is InChI=1S/C25H17BrN4O3/c26-19-9-11-20(12-10-19)33-24-21(25(32)30-13-5-4-8-22(30)29-24)14-18(15-27)23(31)28-16-17-6-2-1-3-7-17/h1-14H,16H2,(H,28,31)/b18-14+. The van der Waals surface area contributed by atoms with E-state index < -0.39 is 11.5 Å². The normalized spacial score (nSPS) is 11.1. The maximum absolute atomic E-state index is 13.2. The molecule has 0 bridgehead atoms. The molecule has 0 aliphatic carbocycles. The first-order valence-electron chi connectivity index (χ1n) is 9.94. The second kappa shape index (κ2) is 9.94. The molecule has 4 aromatic rings. The number of nitriles is 1. The highest BCUT2D eigenvalue weighted by Crippen LogP contribution is 2.25. The van der Waals surface area contributed by atoms with Gasteiger partial charge in [0.15, 0.2) is 0 Å². The molecule has 0 saturated heterocycles. The molecule has 0 spiro atoms. The molecular formula is C25H17BrN4O3. The summed E-state index contributed by atoms with van der Waals surface area (Å²) in [5, 5.41) is 12.3. The lowest BCUT2D eigenvalue weighted by Crippen LogP contribution is -2.25. The predicted octanol–water partition coefficient (Wildman–Crippen LogP) is 4.47. The summed E-state index contributed by atoms with van der Waals surface area (Å²) in [6.07, 6.45) is 2.77. The van der Waals surface area contributed by atoms with E-state index in [1.807, 2.05) is 36.4 Å². The zero-order chi connectivity index (χ0) is 23.2. The Bertz CT molecular complexity index is 1440. The second-order valence-corrected chi connectivity index (χ2v) is 7.87. The molecule has 162 valence electrons. The van der Waals surface area contributed by atoms with Crippen molar-refractivity contribution in [2.45, 2.75) is 6.54 Å². The van der Waals surface area contributed by atoms with Crippen molar-refractivity contribution in [1.29, 1.82) is 5.26 Å². The van der Waals surface area contributed by atoms with E-state index in [4.69, 9.17) is 4.74 Å². The molecule has 7 nitrogen and oxygen atoms in total. The van der Waals surface area contributed by atoms with E-state index in [0.29, 0.717) is 11.4 Å². The molecule has 33 heavy (non-hydrogen) atoms. The number of aromatic nitrogens is 2. The minimum Gasteiger partial charge on any atom is -0.438 e. The van der Waals surface area contributed by atoms with Crippen LogP contribution < -0.4 is 15.6 Å². The Morgan fingerprint density at radius 1 is 1.09 bits per heavy atom. The number of nitrogens with zero attached hydrogens (tertiary/aromatic N) is 3. The van der Waals surface area contributed by atoms with Crippen LogP contribution in [-0.4, -0.2) is 15.3 Å². The molecule has 4 rings (SSSR count). The van der Waals surface area contributed by atoms with Crippen LogP contribution in [0, 0.1) is 11.3 Å². The Hall–Kier alpha value is -4.22. The van der Waals surface area contributed by atoms with Gasteiger partial charge in [-0.2, -0.15) is 10.2 Å². The maximum atomic E-state index is 13.2. The summed E-state index contributed by atoms with van der Waals surface area (Å²) in [5.41, 5.74) is 0.555. The zero-order valence-corrected chi connectivity index (χ0v) is 18.8. The monoisotopic (exact) mass is 500 g/mol. The smallest absolute Gasteiger partial charge is 0.269 e. The van der Waals surface area contributed by atoms with Crippen molar-refractivity contribution >= 4 is 33.6 Å². The minimum atomic E-state index is -0.603. The van der Waals surface area contributed by atoms with E-state index in [9.17, 15) is 14.9 Å². The van der Waals surface area contributed by atoms with Crippen molar-refractivity contribution in [2.24, 2.45) is 0 Å². The molecule has 0 aliphatic rings. The summed E-state index contributed by atoms with van der Waals surface area (Å²) >= 11 is 3.36. The van der Waals surface area contributed by atoms with Gasteiger partial charge in [0, 0.05) is 17.2 Å². The molecule has 0 unspecified atom stereocenters. The van der Waals surface area contributed by atoms with Gasteiger partial charge >= 0.3 is 0 Å². The van der Waals surface area contributed by atoms with Crippen LogP contribution in [0.5, 0.6) is 11.6 Å². The van der Waals surface area contributed by atoms with Crippen LogP contribution >= 0.6 is 15.9 Å². The number of carbonyl (C=O) groups is 1. The highest BCUT2D eigenvalue weighted by molar-refractivity contribution is 9.10. The first-order valence-corrected chi connectivity index (χ1v) is 10.7. The molecule has 1 amide bonds. The number of amides is 1. The van der Waals surface area contributed by atoms with Crippen molar-refractivity contribution in [3.63, 3.8) is 0 Å². The van der Waals surface area contributed by atoms with Crippen LogP contribution in [-0.2, 0) is 11.3 Å². The Labute approximate surface area is 197 Å². The fourth-order valence-corrected chi connectivity index (χ4v) is 3.33. The number of benzene rings is 2. The summed E-state index contributed by atoms with van der Waals surface area (Å²) < 4.78 is 8.07. The third kappa shape index (κ3) is 5.17. The van der Waals surface area contributed by atoms with E-state index in [1.54, 1.807) is 48.7 Å². The predicted molar refractivity (Wildman–Crippen MR) is 128 cm³/mol. The zero-order valence-electron chi connectivity index (χ0n) is 17.2. The highest BCUT2D eigenvalue weighted by atomic mass is 79.9. The van der Waals surface area contributed by atoms with Gasteiger partial charge in [-0.1, -0.05) is 52.3 Å². The van der Waals surface area contributed by atoms with Gasteiger partial charge in [0.2, 0.25) is 5.88 Å². The molecule has 2 aromatic carbocycles. The van der Waals surface area contributed by atoms with Crippen LogP contribution in [0.25, 0.3) is 11.7 Å². The van der Waals surface area contributed by atoms with Gasteiger partial charge in [-0.05, 0) is 48.0 Å². The Balaban J connectivity index is 1.73. The first kappa shape index (κ1) is 22.0. The fourth-order valence-electron chi connectivity index (χ4n) is 3.06. The van der Waals surface area contributed by atoms with Gasteiger partial charge in [-0.25, -0.2) is 0 Å². The van der Waals surface area contributed by atoms with E-state index in [2.05, 4.69) is 26.2 Å². The first-order chi connectivity index (χ1) is 16.0. The average molecular weight is 501 g/mol. The largest absolute Gasteiger partial charge is 0.438 e. The van der Waals surface area contributed by atoms with Crippen LogP contribution in [0.3, 0.4) is 0 Å². The topological polar surface area (TPSA) is 96.5 Å². The van der Waals surface area contributed by atoms with Crippen LogP contribution in [0.15, 0.2) is 93.8 Å². The van der Waals surface area contributed by atoms with Gasteiger partial charge in [-0.3, -0.25) is 14.0 Å². The number of fused-ring (bicyclic) bond motifs is 1.